The van der Waals surface area contributed by atoms with E-state index in [-0.39, 0.29) is 11.9 Å². The van der Waals surface area contributed by atoms with Crippen molar-refractivity contribution < 1.29 is 13.2 Å². The van der Waals surface area contributed by atoms with Gasteiger partial charge in [-0.1, -0.05) is 36.8 Å². The molecule has 0 radical (unpaired) electrons. The number of sulfonamides is 1. The molecule has 2 aliphatic carbocycles. The number of carbonyl (C=O) groups excluding carboxylic acids is 1. The second-order valence-corrected chi connectivity index (χ2v) is 10.1. The maximum absolute atomic E-state index is 12.6. The van der Waals surface area contributed by atoms with E-state index in [1.807, 2.05) is 30.3 Å². The van der Waals surface area contributed by atoms with Crippen LogP contribution in [-0.2, 0) is 10.0 Å². The predicted octanol–water partition coefficient (Wildman–Crippen LogP) is 4.65. The molecule has 2 bridgehead atoms. The molecule has 0 spiro atoms. The lowest BCUT2D eigenvalue weighted by Crippen LogP contribution is -2.40. The van der Waals surface area contributed by atoms with Gasteiger partial charge in [0, 0.05) is 17.3 Å². The molecule has 30 heavy (non-hydrogen) atoms. The van der Waals surface area contributed by atoms with Gasteiger partial charge in [-0.15, -0.1) is 0 Å². The highest BCUT2D eigenvalue weighted by molar-refractivity contribution is 7.95. The maximum Gasteiger partial charge on any atom is 0.255 e. The number of amides is 1. The standard InChI is InChI=1S/C24H28N2O3S/c1-17(23-16-19-7-8-21(23)15-19)25-24(27)20-9-11-22(12-10-20)26-30(28,29)14-13-18-5-3-2-4-6-18/h2-6,9-14,17,19,21,23,26H,7-8,15-16H2,1H3,(H,25,27)/b14-13+. The summed E-state index contributed by atoms with van der Waals surface area (Å²) in [6, 6.07) is 15.9. The number of anilines is 1. The van der Waals surface area contributed by atoms with Gasteiger partial charge in [0.2, 0.25) is 0 Å². The van der Waals surface area contributed by atoms with Crippen LogP contribution in [0.15, 0.2) is 60.0 Å². The fraction of sp³-hybridized carbons (Fsp3) is 0.375. The van der Waals surface area contributed by atoms with Crippen molar-refractivity contribution in [2.75, 3.05) is 4.72 Å². The first kappa shape index (κ1) is 20.7. The molecule has 2 saturated carbocycles. The monoisotopic (exact) mass is 424 g/mol. The number of benzene rings is 2. The molecule has 0 heterocycles. The Bertz CT molecular complexity index is 1020. The van der Waals surface area contributed by atoms with Crippen molar-refractivity contribution in [1.82, 2.24) is 5.32 Å². The molecule has 2 fully saturated rings. The maximum atomic E-state index is 12.6. The first-order valence-electron chi connectivity index (χ1n) is 10.6. The van der Waals surface area contributed by atoms with Crippen LogP contribution in [0.1, 0.15) is 48.5 Å². The van der Waals surface area contributed by atoms with E-state index in [1.165, 1.54) is 25.7 Å². The average molecular weight is 425 g/mol. The van der Waals surface area contributed by atoms with Gasteiger partial charge in [-0.3, -0.25) is 9.52 Å². The van der Waals surface area contributed by atoms with Gasteiger partial charge < -0.3 is 5.32 Å². The minimum Gasteiger partial charge on any atom is -0.349 e. The van der Waals surface area contributed by atoms with Crippen LogP contribution in [0.25, 0.3) is 6.08 Å². The summed E-state index contributed by atoms with van der Waals surface area (Å²) >= 11 is 0. The Hall–Kier alpha value is -2.60. The third-order valence-electron chi connectivity index (χ3n) is 6.44. The topological polar surface area (TPSA) is 75.3 Å². The molecule has 4 rings (SSSR count). The second kappa shape index (κ2) is 8.64. The molecular weight excluding hydrogens is 396 g/mol. The lowest BCUT2D eigenvalue weighted by atomic mass is 9.84. The number of hydrogen-bond acceptors (Lipinski definition) is 3. The van der Waals surface area contributed by atoms with E-state index >= 15 is 0 Å². The van der Waals surface area contributed by atoms with Gasteiger partial charge in [-0.25, -0.2) is 8.42 Å². The van der Waals surface area contributed by atoms with Crippen molar-refractivity contribution in [3.05, 3.63) is 71.1 Å². The van der Waals surface area contributed by atoms with Gasteiger partial charge in [-0.2, -0.15) is 0 Å². The van der Waals surface area contributed by atoms with Crippen molar-refractivity contribution >= 4 is 27.7 Å². The van der Waals surface area contributed by atoms with Crippen molar-refractivity contribution in [2.24, 2.45) is 17.8 Å². The van der Waals surface area contributed by atoms with Crippen LogP contribution >= 0.6 is 0 Å². The SMILES string of the molecule is CC(NC(=O)c1ccc(NS(=O)(=O)/C=C/c2ccccc2)cc1)C1CC2CCC1C2. The highest BCUT2D eigenvalue weighted by atomic mass is 32.2. The number of nitrogens with one attached hydrogen (secondary N) is 2. The van der Waals surface area contributed by atoms with Crippen LogP contribution in [0, 0.1) is 17.8 Å². The molecule has 2 aromatic carbocycles. The minimum absolute atomic E-state index is 0.108. The third kappa shape index (κ3) is 4.93. The first-order valence-corrected chi connectivity index (χ1v) is 12.1. The first-order chi connectivity index (χ1) is 14.4. The second-order valence-electron chi connectivity index (χ2n) is 8.54. The molecule has 1 amide bonds. The molecule has 4 atom stereocenters. The summed E-state index contributed by atoms with van der Waals surface area (Å²) in [4.78, 5) is 12.6. The number of rotatable bonds is 7. The van der Waals surface area contributed by atoms with E-state index in [9.17, 15) is 13.2 Å². The largest absolute Gasteiger partial charge is 0.349 e. The summed E-state index contributed by atoms with van der Waals surface area (Å²) in [6.07, 6.45) is 6.73. The zero-order valence-corrected chi connectivity index (χ0v) is 17.9. The molecule has 0 saturated heterocycles. The van der Waals surface area contributed by atoms with Gasteiger partial charge in [0.15, 0.2) is 0 Å². The normalized spacial score (nSPS) is 24.1. The highest BCUT2D eigenvalue weighted by Crippen LogP contribution is 2.49. The van der Waals surface area contributed by atoms with Gasteiger partial charge in [0.05, 0.1) is 5.41 Å². The van der Waals surface area contributed by atoms with E-state index in [0.29, 0.717) is 17.2 Å². The van der Waals surface area contributed by atoms with Crippen LogP contribution in [0.3, 0.4) is 0 Å². The Labute approximate surface area is 178 Å². The Morgan fingerprint density at radius 2 is 1.77 bits per heavy atom. The van der Waals surface area contributed by atoms with Crippen molar-refractivity contribution in [2.45, 2.75) is 38.6 Å². The molecule has 0 aromatic heterocycles. The molecule has 0 aliphatic heterocycles. The Morgan fingerprint density at radius 1 is 1.03 bits per heavy atom. The quantitative estimate of drug-likeness (QED) is 0.679. The summed E-state index contributed by atoms with van der Waals surface area (Å²) in [5, 5.41) is 4.28. The highest BCUT2D eigenvalue weighted by Gasteiger charge is 2.42. The summed E-state index contributed by atoms with van der Waals surface area (Å²) < 4.78 is 27.1. The van der Waals surface area contributed by atoms with Crippen LogP contribution in [-0.4, -0.2) is 20.4 Å². The average Bonchev–Trinajstić information content (AvgIpc) is 3.37. The van der Waals surface area contributed by atoms with Crippen LogP contribution in [0.2, 0.25) is 0 Å². The third-order valence-corrected chi connectivity index (χ3v) is 7.45. The van der Waals surface area contributed by atoms with Gasteiger partial charge in [-0.05, 0) is 79.8 Å². The van der Waals surface area contributed by atoms with Crippen molar-refractivity contribution in [3.8, 4) is 0 Å². The Morgan fingerprint density at radius 3 is 2.40 bits per heavy atom. The predicted molar refractivity (Wildman–Crippen MR) is 120 cm³/mol. The summed E-state index contributed by atoms with van der Waals surface area (Å²) in [5.41, 5.74) is 1.76. The molecule has 2 aliphatic rings. The summed E-state index contributed by atoms with van der Waals surface area (Å²) in [5.74, 6) is 2.08. The molecule has 4 unspecified atom stereocenters. The number of hydrogen-bond donors (Lipinski definition) is 2. The van der Waals surface area contributed by atoms with Gasteiger partial charge in [0.1, 0.15) is 0 Å². The molecule has 158 valence electrons. The molecule has 2 N–H and O–H groups in total. The number of carbonyl (C=O) groups is 1. The molecular formula is C24H28N2O3S. The van der Waals surface area contributed by atoms with E-state index in [1.54, 1.807) is 30.3 Å². The summed E-state index contributed by atoms with van der Waals surface area (Å²) in [6.45, 7) is 2.10. The van der Waals surface area contributed by atoms with Crippen LogP contribution in [0.4, 0.5) is 5.69 Å². The van der Waals surface area contributed by atoms with E-state index < -0.39 is 10.0 Å². The van der Waals surface area contributed by atoms with Crippen molar-refractivity contribution in [3.63, 3.8) is 0 Å². The smallest absolute Gasteiger partial charge is 0.255 e. The Kier molecular flexibility index (Phi) is 5.95. The van der Waals surface area contributed by atoms with Crippen molar-refractivity contribution in [1.29, 1.82) is 0 Å². The van der Waals surface area contributed by atoms with E-state index in [0.717, 1.165) is 22.8 Å². The van der Waals surface area contributed by atoms with E-state index in [4.69, 9.17) is 0 Å². The van der Waals surface area contributed by atoms with Gasteiger partial charge in [0.25, 0.3) is 15.9 Å². The lowest BCUT2D eigenvalue weighted by molar-refractivity contribution is 0.0915. The minimum atomic E-state index is -3.63. The molecule has 6 heteroatoms. The van der Waals surface area contributed by atoms with E-state index in [2.05, 4.69) is 17.0 Å². The summed E-state index contributed by atoms with van der Waals surface area (Å²) in [7, 11) is -3.63. The molecule has 5 nitrogen and oxygen atoms in total. The van der Waals surface area contributed by atoms with Gasteiger partial charge >= 0.3 is 0 Å². The lowest BCUT2D eigenvalue weighted by Gasteiger charge is -2.28. The van der Waals surface area contributed by atoms with Crippen LogP contribution < -0.4 is 10.0 Å². The Balaban J connectivity index is 1.34. The zero-order valence-electron chi connectivity index (χ0n) is 17.1. The number of fused-ring (bicyclic) bond motifs is 2. The fourth-order valence-electron chi connectivity index (χ4n) is 4.92. The van der Waals surface area contributed by atoms with Crippen LogP contribution in [0.5, 0.6) is 0 Å². The fourth-order valence-corrected chi connectivity index (χ4v) is 5.79. The molecule has 2 aromatic rings. The zero-order chi connectivity index (χ0) is 21.1.